The van der Waals surface area contributed by atoms with Gasteiger partial charge in [0.1, 0.15) is 0 Å². The highest BCUT2D eigenvalue weighted by Gasteiger charge is 2.05. The summed E-state index contributed by atoms with van der Waals surface area (Å²) in [6.07, 6.45) is 7.50. The van der Waals surface area contributed by atoms with Gasteiger partial charge in [-0.15, -0.1) is 0 Å². The first-order valence-corrected chi connectivity index (χ1v) is 7.24. The van der Waals surface area contributed by atoms with Crippen LogP contribution in [0.15, 0.2) is 0 Å². The normalized spacial score (nSPS) is 13.1. The third-order valence-corrected chi connectivity index (χ3v) is 3.55. The fraction of sp³-hybridized carbons (Fsp3) is 1.00. The monoisotopic (exact) mass is 220 g/mol. The molecule has 1 unspecified atom stereocenters. The smallest absolute Gasteiger partial charge is 0.170 e. The van der Waals surface area contributed by atoms with Gasteiger partial charge in [-0.3, -0.25) is 0 Å². The first-order chi connectivity index (χ1) is 6.85. The maximum absolute atomic E-state index is 5.65. The number of rotatable bonds is 10. The van der Waals surface area contributed by atoms with E-state index >= 15 is 0 Å². The van der Waals surface area contributed by atoms with Crippen LogP contribution < -0.4 is 0 Å². The van der Waals surface area contributed by atoms with Crippen molar-refractivity contribution in [2.45, 2.75) is 52.9 Å². The second-order valence-electron chi connectivity index (χ2n) is 3.31. The molecular formula is C11H25O2P. The van der Waals surface area contributed by atoms with E-state index in [9.17, 15) is 0 Å². The van der Waals surface area contributed by atoms with Crippen LogP contribution >= 0.6 is 8.38 Å². The molecule has 0 aromatic rings. The second-order valence-corrected chi connectivity index (χ2v) is 5.13. The fourth-order valence-electron chi connectivity index (χ4n) is 1.24. The lowest BCUT2D eigenvalue weighted by Crippen LogP contribution is -1.95. The molecule has 0 saturated carbocycles. The Kier molecular flexibility index (Phi) is 11.7. The number of hydrogen-bond donors (Lipinski definition) is 0. The Labute approximate surface area is 90.3 Å². The molecule has 0 amide bonds. The minimum absolute atomic E-state index is 0.583. The molecule has 0 aliphatic rings. The van der Waals surface area contributed by atoms with E-state index in [-0.39, 0.29) is 0 Å². The van der Waals surface area contributed by atoms with E-state index in [2.05, 4.69) is 13.8 Å². The molecule has 0 aliphatic heterocycles. The first kappa shape index (κ1) is 14.3. The van der Waals surface area contributed by atoms with E-state index in [0.29, 0.717) is 0 Å². The van der Waals surface area contributed by atoms with Gasteiger partial charge in [-0.2, -0.15) is 0 Å². The van der Waals surface area contributed by atoms with Gasteiger partial charge >= 0.3 is 0 Å². The summed E-state index contributed by atoms with van der Waals surface area (Å²) in [7, 11) is -0.583. The largest absolute Gasteiger partial charge is 0.334 e. The summed E-state index contributed by atoms with van der Waals surface area (Å²) in [5.74, 6) is 0. The van der Waals surface area contributed by atoms with Crippen LogP contribution in [-0.2, 0) is 9.05 Å². The van der Waals surface area contributed by atoms with Crippen molar-refractivity contribution in [3.8, 4) is 0 Å². The Balaban J connectivity index is 3.15. The van der Waals surface area contributed by atoms with Gasteiger partial charge < -0.3 is 9.05 Å². The molecule has 14 heavy (non-hydrogen) atoms. The zero-order chi connectivity index (χ0) is 10.6. The summed E-state index contributed by atoms with van der Waals surface area (Å²) in [5, 5.41) is 0. The average molecular weight is 220 g/mol. The van der Waals surface area contributed by atoms with Crippen molar-refractivity contribution < 1.29 is 9.05 Å². The van der Waals surface area contributed by atoms with Gasteiger partial charge in [0, 0.05) is 6.16 Å². The van der Waals surface area contributed by atoms with Crippen LogP contribution in [0, 0.1) is 0 Å². The van der Waals surface area contributed by atoms with Gasteiger partial charge in [0.15, 0.2) is 8.38 Å². The van der Waals surface area contributed by atoms with E-state index in [0.717, 1.165) is 19.4 Å². The van der Waals surface area contributed by atoms with Crippen LogP contribution in [-0.4, -0.2) is 19.4 Å². The molecule has 0 N–H and O–H groups in total. The van der Waals surface area contributed by atoms with Crippen LogP contribution in [0.1, 0.15) is 52.9 Å². The summed E-state index contributed by atoms with van der Waals surface area (Å²) < 4.78 is 11.1. The highest BCUT2D eigenvalue weighted by atomic mass is 31.2. The van der Waals surface area contributed by atoms with Gasteiger partial charge in [-0.05, 0) is 13.3 Å². The van der Waals surface area contributed by atoms with Crippen LogP contribution in [0.5, 0.6) is 0 Å². The van der Waals surface area contributed by atoms with E-state index in [1.165, 1.54) is 32.1 Å². The second kappa shape index (κ2) is 11.4. The van der Waals surface area contributed by atoms with Gasteiger partial charge in [0.05, 0.1) is 13.2 Å². The van der Waals surface area contributed by atoms with Crippen LogP contribution in [0.2, 0.25) is 0 Å². The molecule has 0 aromatic carbocycles. The predicted octanol–water partition coefficient (Wildman–Crippen LogP) is 4.34. The molecule has 1 atom stereocenters. The molecule has 0 saturated heterocycles. The molecule has 0 heterocycles. The summed E-state index contributed by atoms with van der Waals surface area (Å²) in [6, 6.07) is 0. The number of hydrogen-bond acceptors (Lipinski definition) is 2. The minimum Gasteiger partial charge on any atom is -0.334 e. The molecule has 0 spiro atoms. The Morgan fingerprint density at radius 3 is 2.14 bits per heavy atom. The summed E-state index contributed by atoms with van der Waals surface area (Å²) in [5.41, 5.74) is 0. The molecule has 0 aromatic heterocycles. The molecule has 0 bridgehead atoms. The number of unbranched alkanes of at least 4 members (excludes halogenated alkanes) is 4. The average Bonchev–Trinajstić information content (AvgIpc) is 2.21. The molecule has 3 heteroatoms. The van der Waals surface area contributed by atoms with E-state index < -0.39 is 8.38 Å². The SMILES string of the molecule is CCCCCCCOP(CC)OCC. The predicted molar refractivity (Wildman–Crippen MR) is 63.8 cm³/mol. The highest BCUT2D eigenvalue weighted by molar-refractivity contribution is 7.47. The Morgan fingerprint density at radius 2 is 1.57 bits per heavy atom. The van der Waals surface area contributed by atoms with Gasteiger partial charge in [0.2, 0.25) is 0 Å². The van der Waals surface area contributed by atoms with Crippen molar-refractivity contribution in [1.29, 1.82) is 0 Å². The maximum atomic E-state index is 5.65. The molecule has 0 radical (unpaired) electrons. The van der Waals surface area contributed by atoms with Crippen molar-refractivity contribution in [3.63, 3.8) is 0 Å². The summed E-state index contributed by atoms with van der Waals surface area (Å²) >= 11 is 0. The summed E-state index contributed by atoms with van der Waals surface area (Å²) in [4.78, 5) is 0. The Morgan fingerprint density at radius 1 is 0.857 bits per heavy atom. The lowest BCUT2D eigenvalue weighted by atomic mass is 10.2. The highest BCUT2D eigenvalue weighted by Crippen LogP contribution is 2.37. The molecule has 0 rings (SSSR count). The maximum Gasteiger partial charge on any atom is 0.170 e. The Hall–Kier alpha value is 0.350. The molecular weight excluding hydrogens is 195 g/mol. The third-order valence-electron chi connectivity index (χ3n) is 2.01. The quantitative estimate of drug-likeness (QED) is 0.402. The third kappa shape index (κ3) is 8.93. The van der Waals surface area contributed by atoms with Gasteiger partial charge in [-0.25, -0.2) is 0 Å². The molecule has 2 nitrogen and oxygen atoms in total. The van der Waals surface area contributed by atoms with Crippen molar-refractivity contribution in [2.75, 3.05) is 19.4 Å². The topological polar surface area (TPSA) is 18.5 Å². The first-order valence-electron chi connectivity index (χ1n) is 5.88. The van der Waals surface area contributed by atoms with Gasteiger partial charge in [-0.1, -0.05) is 39.5 Å². The van der Waals surface area contributed by atoms with Gasteiger partial charge in [0.25, 0.3) is 0 Å². The van der Waals surface area contributed by atoms with Crippen molar-refractivity contribution in [2.24, 2.45) is 0 Å². The van der Waals surface area contributed by atoms with Crippen LogP contribution in [0.4, 0.5) is 0 Å². The fourth-order valence-corrected chi connectivity index (χ4v) is 2.30. The lowest BCUT2D eigenvalue weighted by molar-refractivity contribution is 0.254. The van der Waals surface area contributed by atoms with E-state index in [1.807, 2.05) is 6.92 Å². The zero-order valence-electron chi connectivity index (χ0n) is 9.92. The van der Waals surface area contributed by atoms with Crippen molar-refractivity contribution in [1.82, 2.24) is 0 Å². The van der Waals surface area contributed by atoms with Crippen molar-refractivity contribution in [3.05, 3.63) is 0 Å². The molecule has 0 aliphatic carbocycles. The molecule has 86 valence electrons. The van der Waals surface area contributed by atoms with E-state index in [1.54, 1.807) is 0 Å². The lowest BCUT2D eigenvalue weighted by Gasteiger charge is -2.14. The minimum atomic E-state index is -0.583. The standard InChI is InChI=1S/C11H25O2P/c1-4-7-8-9-10-11-13-14(6-3)12-5-2/h4-11H2,1-3H3. The van der Waals surface area contributed by atoms with Crippen molar-refractivity contribution >= 4 is 8.38 Å². The molecule has 0 fully saturated rings. The van der Waals surface area contributed by atoms with Crippen LogP contribution in [0.3, 0.4) is 0 Å². The van der Waals surface area contributed by atoms with E-state index in [4.69, 9.17) is 9.05 Å². The Bertz CT molecular complexity index is 109. The zero-order valence-corrected chi connectivity index (χ0v) is 10.8. The van der Waals surface area contributed by atoms with Crippen LogP contribution in [0.25, 0.3) is 0 Å². The summed E-state index contributed by atoms with van der Waals surface area (Å²) in [6.45, 7) is 8.04.